The normalized spacial score (nSPS) is 20.2. The summed E-state index contributed by atoms with van der Waals surface area (Å²) >= 11 is 0. The zero-order chi connectivity index (χ0) is 36.6. The van der Waals surface area contributed by atoms with Crippen molar-refractivity contribution in [1.82, 2.24) is 15.5 Å². The van der Waals surface area contributed by atoms with Crippen LogP contribution in [-0.4, -0.2) is 84.6 Å². The standard InChI is InChI=1S/C37H53N5O7S/c1-24(2)21-40-34(45)20-32(44)31(19-27-14-8-5-9-15-27)41-36(47)37(23-38,29-22-50(48,49)33-17-11-10-16-28(29)33)42(25(3)43)35(46)30(39)18-26-12-6-4-7-13-26/h4,6-7,10-13,16-17,24,27,29-32,44H,5,8-9,14-15,18-23,38-39H2,1-3H3,(H,40,45)(H,41,47)/t29?,30-,31-,32-,37+/m0/s1. The molecule has 0 radical (unpaired) electrons. The molecule has 13 heteroatoms. The molecule has 274 valence electrons. The summed E-state index contributed by atoms with van der Waals surface area (Å²) in [6.07, 6.45) is 3.59. The molecule has 1 aliphatic heterocycles. The number of nitrogens with one attached hydrogen (secondary N) is 2. The first-order chi connectivity index (χ1) is 23.7. The summed E-state index contributed by atoms with van der Waals surface area (Å²) in [5, 5.41) is 17.2. The molecule has 2 aromatic carbocycles. The van der Waals surface area contributed by atoms with Crippen molar-refractivity contribution in [2.75, 3.05) is 18.8 Å². The highest BCUT2D eigenvalue weighted by Gasteiger charge is 2.59. The lowest BCUT2D eigenvalue weighted by Gasteiger charge is -2.46. The van der Waals surface area contributed by atoms with Gasteiger partial charge in [-0.05, 0) is 41.9 Å². The lowest BCUT2D eigenvalue weighted by atomic mass is 9.76. The molecule has 4 rings (SSSR count). The van der Waals surface area contributed by atoms with Crippen LogP contribution < -0.4 is 22.1 Å². The summed E-state index contributed by atoms with van der Waals surface area (Å²) in [6, 6.07) is 12.9. The van der Waals surface area contributed by atoms with Gasteiger partial charge in [0.2, 0.25) is 23.6 Å². The molecule has 50 heavy (non-hydrogen) atoms. The van der Waals surface area contributed by atoms with Crippen molar-refractivity contribution in [2.45, 2.75) is 107 Å². The smallest absolute Gasteiger partial charge is 0.248 e. The van der Waals surface area contributed by atoms with Gasteiger partial charge in [-0.25, -0.2) is 8.42 Å². The maximum Gasteiger partial charge on any atom is 0.248 e. The fourth-order valence-corrected chi connectivity index (χ4v) is 9.38. The molecular formula is C37H53N5O7S. The maximum absolute atomic E-state index is 15.0. The van der Waals surface area contributed by atoms with E-state index in [1.807, 2.05) is 19.9 Å². The molecule has 1 aliphatic carbocycles. The Hall–Kier alpha value is -3.65. The molecule has 2 aliphatic rings. The van der Waals surface area contributed by atoms with E-state index < -0.39 is 69.5 Å². The zero-order valence-electron chi connectivity index (χ0n) is 29.3. The van der Waals surface area contributed by atoms with Crippen LogP contribution in [0.15, 0.2) is 59.5 Å². The first kappa shape index (κ1) is 39.1. The lowest BCUT2D eigenvalue weighted by Crippen LogP contribution is -2.72. The van der Waals surface area contributed by atoms with Gasteiger partial charge >= 0.3 is 0 Å². The fourth-order valence-electron chi connectivity index (χ4n) is 7.45. The molecule has 0 bridgehead atoms. The van der Waals surface area contributed by atoms with Crippen LogP contribution in [0.4, 0.5) is 0 Å². The molecule has 1 saturated carbocycles. The average Bonchev–Trinajstić information content (AvgIpc) is 3.36. The average molecular weight is 712 g/mol. The topological polar surface area (TPSA) is 202 Å². The van der Waals surface area contributed by atoms with Crippen molar-refractivity contribution >= 4 is 33.5 Å². The van der Waals surface area contributed by atoms with Crippen LogP contribution in [0.5, 0.6) is 0 Å². The van der Waals surface area contributed by atoms with Crippen molar-refractivity contribution in [3.05, 3.63) is 65.7 Å². The molecule has 12 nitrogen and oxygen atoms in total. The van der Waals surface area contributed by atoms with E-state index in [-0.39, 0.29) is 41.0 Å². The summed E-state index contributed by atoms with van der Waals surface area (Å²) in [6.45, 7) is 4.80. The number of amides is 4. The Balaban J connectivity index is 1.79. The number of nitrogens with two attached hydrogens (primary N) is 2. The number of hydrogen-bond acceptors (Lipinski definition) is 9. The minimum absolute atomic E-state index is 0.0132. The first-order valence-corrected chi connectivity index (χ1v) is 19.3. The quantitative estimate of drug-likeness (QED) is 0.184. The third-order valence-electron chi connectivity index (χ3n) is 10.0. The summed E-state index contributed by atoms with van der Waals surface area (Å²) < 4.78 is 27.1. The minimum Gasteiger partial charge on any atom is -0.390 e. The molecule has 0 spiro atoms. The van der Waals surface area contributed by atoms with Gasteiger partial charge in [0.25, 0.3) is 0 Å². The number of benzene rings is 2. The molecule has 2 aromatic rings. The Labute approximate surface area is 295 Å². The SMILES string of the molecule is CC(=O)N(C(=O)[C@@H](N)Cc1ccccc1)[C@@](CN)(C(=O)N[C@@H](CC1CCCCC1)[C@@H](O)CC(=O)NCC(C)C)C1CS(=O)(=O)c2ccccc21. The van der Waals surface area contributed by atoms with Crippen LogP contribution in [0.1, 0.15) is 82.8 Å². The molecule has 7 N–H and O–H groups in total. The Morgan fingerprint density at radius 2 is 1.64 bits per heavy atom. The largest absolute Gasteiger partial charge is 0.390 e. The first-order valence-electron chi connectivity index (χ1n) is 17.6. The molecule has 0 aromatic heterocycles. The summed E-state index contributed by atoms with van der Waals surface area (Å²) in [5.74, 6) is -4.50. The van der Waals surface area contributed by atoms with Gasteiger partial charge in [-0.1, -0.05) is 94.5 Å². The highest BCUT2D eigenvalue weighted by Crippen LogP contribution is 2.44. The molecular weight excluding hydrogens is 659 g/mol. The van der Waals surface area contributed by atoms with E-state index in [2.05, 4.69) is 10.6 Å². The number of aliphatic hydroxyl groups excluding tert-OH is 1. The molecule has 0 saturated heterocycles. The predicted octanol–water partition coefficient (Wildman–Crippen LogP) is 2.18. The van der Waals surface area contributed by atoms with Crippen LogP contribution in [-0.2, 0) is 35.4 Å². The van der Waals surface area contributed by atoms with E-state index >= 15 is 4.79 Å². The number of sulfone groups is 1. The van der Waals surface area contributed by atoms with E-state index in [1.165, 1.54) is 6.07 Å². The van der Waals surface area contributed by atoms with Gasteiger partial charge in [0.1, 0.15) is 5.54 Å². The lowest BCUT2D eigenvalue weighted by molar-refractivity contribution is -0.160. The van der Waals surface area contributed by atoms with Crippen molar-refractivity contribution in [1.29, 1.82) is 0 Å². The van der Waals surface area contributed by atoms with E-state index in [1.54, 1.807) is 42.5 Å². The van der Waals surface area contributed by atoms with Crippen LogP contribution in [0, 0.1) is 11.8 Å². The van der Waals surface area contributed by atoms with Crippen LogP contribution >= 0.6 is 0 Å². The zero-order valence-corrected chi connectivity index (χ0v) is 30.2. The highest BCUT2D eigenvalue weighted by atomic mass is 32.2. The van der Waals surface area contributed by atoms with Gasteiger partial charge in [0, 0.05) is 25.9 Å². The third kappa shape index (κ3) is 8.98. The van der Waals surface area contributed by atoms with Crippen LogP contribution in [0.2, 0.25) is 0 Å². The molecule has 1 fully saturated rings. The van der Waals surface area contributed by atoms with Crippen molar-refractivity contribution in [3.63, 3.8) is 0 Å². The van der Waals surface area contributed by atoms with Gasteiger partial charge in [0.05, 0.1) is 35.3 Å². The van der Waals surface area contributed by atoms with Crippen molar-refractivity contribution in [2.24, 2.45) is 23.3 Å². The second-order valence-corrected chi connectivity index (χ2v) is 16.3. The highest BCUT2D eigenvalue weighted by molar-refractivity contribution is 7.91. The predicted molar refractivity (Wildman–Crippen MR) is 190 cm³/mol. The van der Waals surface area contributed by atoms with Gasteiger partial charge < -0.3 is 27.2 Å². The van der Waals surface area contributed by atoms with Gasteiger partial charge in [-0.2, -0.15) is 0 Å². The maximum atomic E-state index is 15.0. The van der Waals surface area contributed by atoms with Crippen LogP contribution in [0.3, 0.4) is 0 Å². The minimum atomic E-state index is -3.95. The Kier molecular flexibility index (Phi) is 13.3. The second kappa shape index (κ2) is 17.0. The Bertz CT molecular complexity index is 1610. The van der Waals surface area contributed by atoms with E-state index in [4.69, 9.17) is 11.5 Å². The number of rotatable bonds is 15. The van der Waals surface area contributed by atoms with Crippen molar-refractivity contribution < 1.29 is 32.7 Å². The second-order valence-electron chi connectivity index (χ2n) is 14.3. The number of nitrogens with zero attached hydrogens (tertiary/aromatic N) is 1. The number of carbonyl (C=O) groups excluding carboxylic acids is 4. The summed E-state index contributed by atoms with van der Waals surface area (Å²) in [5.41, 5.74) is 11.6. The number of imide groups is 1. The molecule has 1 heterocycles. The fraction of sp³-hybridized carbons (Fsp3) is 0.568. The van der Waals surface area contributed by atoms with Gasteiger partial charge in [-0.15, -0.1) is 0 Å². The Morgan fingerprint density at radius 1 is 1.00 bits per heavy atom. The van der Waals surface area contributed by atoms with Crippen LogP contribution in [0.25, 0.3) is 0 Å². The van der Waals surface area contributed by atoms with E-state index in [0.29, 0.717) is 13.0 Å². The van der Waals surface area contributed by atoms with Crippen molar-refractivity contribution in [3.8, 4) is 0 Å². The van der Waals surface area contributed by atoms with Gasteiger partial charge in [0.15, 0.2) is 9.84 Å². The number of carbonyl (C=O) groups is 4. The summed E-state index contributed by atoms with van der Waals surface area (Å²) in [4.78, 5) is 56.6. The van der Waals surface area contributed by atoms with E-state index in [9.17, 15) is 27.9 Å². The summed E-state index contributed by atoms with van der Waals surface area (Å²) in [7, 11) is -3.95. The number of aliphatic hydroxyl groups is 1. The van der Waals surface area contributed by atoms with Gasteiger partial charge in [-0.3, -0.25) is 24.1 Å². The number of fused-ring (bicyclic) bond motifs is 1. The van der Waals surface area contributed by atoms with E-state index in [0.717, 1.165) is 49.5 Å². The number of hydrogen-bond donors (Lipinski definition) is 5. The molecule has 1 unspecified atom stereocenters. The third-order valence-corrected chi connectivity index (χ3v) is 11.9. The molecule has 4 amide bonds. The Morgan fingerprint density at radius 3 is 2.26 bits per heavy atom. The monoisotopic (exact) mass is 711 g/mol. The molecule has 5 atom stereocenters.